The highest BCUT2D eigenvalue weighted by Gasteiger charge is 2.37. The summed E-state index contributed by atoms with van der Waals surface area (Å²) in [7, 11) is 2.43. The molecule has 0 aliphatic rings. The van der Waals surface area contributed by atoms with Crippen LogP contribution in [0.15, 0.2) is 54.6 Å². The standard InChI is InChI=1S/C20H26O3S2Si/c1-16(25-20(24)19-8-6-5-7-9-19)18-12-10-17(11-13-18)14-15-26(21-2,22-3)23-4/h5-13,16H,14-15H2,1-4H3. The van der Waals surface area contributed by atoms with Gasteiger partial charge < -0.3 is 13.3 Å². The molecule has 26 heavy (non-hydrogen) atoms. The van der Waals surface area contributed by atoms with Crippen LogP contribution < -0.4 is 0 Å². The van der Waals surface area contributed by atoms with Gasteiger partial charge in [-0.05, 0) is 30.0 Å². The smallest absolute Gasteiger partial charge is 0.377 e. The zero-order valence-electron chi connectivity index (χ0n) is 15.7. The molecular formula is C20H26O3S2Si. The molecule has 2 aromatic rings. The Hall–Kier alpha value is -1.02. The van der Waals surface area contributed by atoms with E-state index in [1.807, 2.05) is 18.2 Å². The third-order valence-corrected chi connectivity index (χ3v) is 8.72. The molecule has 0 fully saturated rings. The van der Waals surface area contributed by atoms with Gasteiger partial charge in [-0.3, -0.25) is 0 Å². The molecule has 3 nitrogen and oxygen atoms in total. The summed E-state index contributed by atoms with van der Waals surface area (Å²) in [5.41, 5.74) is 3.63. The lowest BCUT2D eigenvalue weighted by Gasteiger charge is -2.24. The largest absolute Gasteiger partial charge is 0.500 e. The van der Waals surface area contributed by atoms with Crippen molar-refractivity contribution in [3.8, 4) is 0 Å². The number of aryl methyl sites for hydroxylation is 1. The van der Waals surface area contributed by atoms with Crippen LogP contribution in [0.2, 0.25) is 6.04 Å². The number of thiocarbonyl (C=S) groups is 1. The molecule has 0 aliphatic heterocycles. The Labute approximate surface area is 167 Å². The van der Waals surface area contributed by atoms with Crippen molar-refractivity contribution in [1.29, 1.82) is 0 Å². The van der Waals surface area contributed by atoms with Crippen LogP contribution in [-0.2, 0) is 19.7 Å². The minimum Gasteiger partial charge on any atom is -0.377 e. The van der Waals surface area contributed by atoms with Gasteiger partial charge in [0.15, 0.2) is 0 Å². The highest BCUT2D eigenvalue weighted by atomic mass is 32.2. The maximum Gasteiger partial charge on any atom is 0.500 e. The highest BCUT2D eigenvalue weighted by molar-refractivity contribution is 8.23. The monoisotopic (exact) mass is 406 g/mol. The number of hydrogen-bond donors (Lipinski definition) is 0. The summed E-state index contributed by atoms with van der Waals surface area (Å²) in [5.74, 6) is 0. The van der Waals surface area contributed by atoms with Crippen molar-refractivity contribution in [2.45, 2.75) is 24.6 Å². The van der Waals surface area contributed by atoms with Gasteiger partial charge in [-0.2, -0.15) is 0 Å². The first-order chi connectivity index (χ1) is 12.5. The van der Waals surface area contributed by atoms with Crippen molar-refractivity contribution in [3.63, 3.8) is 0 Å². The zero-order valence-corrected chi connectivity index (χ0v) is 18.4. The molecule has 2 rings (SSSR count). The lowest BCUT2D eigenvalue weighted by Crippen LogP contribution is -2.43. The van der Waals surface area contributed by atoms with Gasteiger partial charge >= 0.3 is 8.80 Å². The Balaban J connectivity index is 1.95. The number of benzene rings is 2. The quantitative estimate of drug-likeness (QED) is 0.417. The van der Waals surface area contributed by atoms with E-state index < -0.39 is 8.80 Å². The van der Waals surface area contributed by atoms with Gasteiger partial charge in [0.1, 0.15) is 0 Å². The van der Waals surface area contributed by atoms with Crippen LogP contribution in [0, 0.1) is 0 Å². The van der Waals surface area contributed by atoms with Crippen LogP contribution in [0.25, 0.3) is 0 Å². The van der Waals surface area contributed by atoms with E-state index >= 15 is 0 Å². The van der Waals surface area contributed by atoms with Gasteiger partial charge in [-0.25, -0.2) is 0 Å². The molecule has 0 bridgehead atoms. The second kappa shape index (κ2) is 10.3. The van der Waals surface area contributed by atoms with Gasteiger partial charge in [0.2, 0.25) is 0 Å². The Morgan fingerprint density at radius 2 is 1.54 bits per heavy atom. The number of hydrogen-bond acceptors (Lipinski definition) is 5. The molecule has 0 spiro atoms. The Morgan fingerprint density at radius 1 is 0.962 bits per heavy atom. The predicted molar refractivity (Wildman–Crippen MR) is 116 cm³/mol. The molecule has 140 valence electrons. The third-order valence-electron chi connectivity index (χ3n) is 4.40. The molecule has 1 unspecified atom stereocenters. The Bertz CT molecular complexity index is 680. The van der Waals surface area contributed by atoms with E-state index in [1.165, 1.54) is 11.1 Å². The Morgan fingerprint density at radius 3 is 2.08 bits per heavy atom. The van der Waals surface area contributed by atoms with Crippen LogP contribution >= 0.6 is 24.0 Å². The SMILES string of the molecule is CO[Si](CCc1ccc(C(C)SC(=S)c2ccccc2)cc1)(OC)OC. The summed E-state index contributed by atoms with van der Waals surface area (Å²) in [6, 6.07) is 19.6. The van der Waals surface area contributed by atoms with Gasteiger partial charge in [0.05, 0.1) is 4.20 Å². The summed E-state index contributed by atoms with van der Waals surface area (Å²) in [5, 5.41) is 0.308. The first-order valence-electron chi connectivity index (χ1n) is 8.54. The van der Waals surface area contributed by atoms with Gasteiger partial charge in [-0.15, -0.1) is 11.8 Å². The molecule has 6 heteroatoms. The average Bonchev–Trinajstić information content (AvgIpc) is 2.70. The first kappa shape index (κ1) is 21.3. The molecule has 2 aromatic carbocycles. The van der Waals surface area contributed by atoms with Gasteiger partial charge in [-0.1, -0.05) is 66.8 Å². The molecule has 0 heterocycles. The molecule has 0 saturated heterocycles. The van der Waals surface area contributed by atoms with Crippen LogP contribution in [-0.4, -0.2) is 34.3 Å². The first-order valence-corrected chi connectivity index (χ1v) is 11.8. The highest BCUT2D eigenvalue weighted by Crippen LogP contribution is 2.32. The van der Waals surface area contributed by atoms with E-state index in [2.05, 4.69) is 43.3 Å². The molecular weight excluding hydrogens is 380 g/mol. The summed E-state index contributed by atoms with van der Waals surface area (Å²) in [6.07, 6.45) is 0.867. The summed E-state index contributed by atoms with van der Waals surface area (Å²) in [4.78, 5) is 0. The van der Waals surface area contributed by atoms with Crippen LogP contribution in [0.1, 0.15) is 28.9 Å². The van der Waals surface area contributed by atoms with E-state index in [-0.39, 0.29) is 0 Å². The minimum atomic E-state index is -2.52. The van der Waals surface area contributed by atoms with Gasteiger partial charge in [0.25, 0.3) is 0 Å². The van der Waals surface area contributed by atoms with Crippen molar-refractivity contribution in [2.75, 3.05) is 21.3 Å². The van der Waals surface area contributed by atoms with E-state index in [1.54, 1.807) is 33.1 Å². The molecule has 1 atom stereocenters. The van der Waals surface area contributed by atoms with Crippen molar-refractivity contribution >= 4 is 37.0 Å². The normalized spacial score (nSPS) is 12.8. The summed E-state index contributed by atoms with van der Waals surface area (Å²) in [6.45, 7) is 2.19. The van der Waals surface area contributed by atoms with Crippen molar-refractivity contribution in [1.82, 2.24) is 0 Å². The van der Waals surface area contributed by atoms with Crippen LogP contribution in [0.5, 0.6) is 0 Å². The lowest BCUT2D eigenvalue weighted by atomic mass is 10.1. The number of rotatable bonds is 9. The van der Waals surface area contributed by atoms with Crippen molar-refractivity contribution in [3.05, 3.63) is 71.3 Å². The van der Waals surface area contributed by atoms with E-state index in [4.69, 9.17) is 25.5 Å². The average molecular weight is 407 g/mol. The van der Waals surface area contributed by atoms with E-state index in [0.29, 0.717) is 5.25 Å². The summed E-state index contributed by atoms with van der Waals surface area (Å²) < 4.78 is 17.4. The van der Waals surface area contributed by atoms with Crippen LogP contribution in [0.4, 0.5) is 0 Å². The van der Waals surface area contributed by atoms with Gasteiger partial charge in [0, 0.05) is 32.6 Å². The molecule has 0 N–H and O–H groups in total. The zero-order chi connectivity index (χ0) is 19.0. The summed E-state index contributed by atoms with van der Waals surface area (Å²) >= 11 is 7.29. The van der Waals surface area contributed by atoms with Crippen molar-refractivity contribution < 1.29 is 13.3 Å². The molecule has 0 saturated carbocycles. The fourth-order valence-corrected chi connectivity index (χ4v) is 5.84. The van der Waals surface area contributed by atoms with E-state index in [0.717, 1.165) is 22.2 Å². The second-order valence-corrected chi connectivity index (χ2v) is 11.1. The van der Waals surface area contributed by atoms with Crippen molar-refractivity contribution in [2.24, 2.45) is 0 Å². The van der Waals surface area contributed by atoms with Crippen LogP contribution in [0.3, 0.4) is 0 Å². The molecule has 0 amide bonds. The molecule has 0 aromatic heterocycles. The third kappa shape index (κ3) is 5.74. The number of thioether (sulfide) groups is 1. The lowest BCUT2D eigenvalue weighted by molar-refractivity contribution is 0.123. The molecule has 0 radical (unpaired) electrons. The maximum atomic E-state index is 5.57. The predicted octanol–water partition coefficient (Wildman–Crippen LogP) is 5.28. The topological polar surface area (TPSA) is 27.7 Å². The molecule has 0 aliphatic carbocycles. The van der Waals surface area contributed by atoms with E-state index in [9.17, 15) is 0 Å². The fourth-order valence-electron chi connectivity index (χ4n) is 2.68. The minimum absolute atomic E-state index is 0.308. The second-order valence-electron chi connectivity index (χ2n) is 5.95. The Kier molecular flexibility index (Phi) is 8.47. The fraction of sp³-hybridized carbons (Fsp3) is 0.350. The maximum absolute atomic E-state index is 5.57.